The minimum atomic E-state index is 0.733. The number of pyridine rings is 1. The topological polar surface area (TPSA) is 40.5 Å². The molecule has 5 heteroatoms. The van der Waals surface area contributed by atoms with Crippen LogP contribution in [0.2, 0.25) is 0 Å². The quantitative estimate of drug-likeness (QED) is 0.530. The monoisotopic (exact) mass is 364 g/mol. The van der Waals surface area contributed by atoms with Crippen molar-refractivity contribution in [1.82, 2.24) is 15.2 Å². The molecule has 0 spiro atoms. The third kappa shape index (κ3) is 4.92. The summed E-state index contributed by atoms with van der Waals surface area (Å²) in [6, 6.07) is 18.7. The number of benzene rings is 1. The summed E-state index contributed by atoms with van der Waals surface area (Å²) in [5, 5.41) is 5.58. The van der Waals surface area contributed by atoms with Gasteiger partial charge < -0.3 is 10.2 Å². The molecule has 0 fully saturated rings. The average molecular weight is 365 g/mol. The van der Waals surface area contributed by atoms with Gasteiger partial charge in [-0.15, -0.1) is 11.3 Å². The molecule has 26 heavy (non-hydrogen) atoms. The van der Waals surface area contributed by atoms with Gasteiger partial charge in [-0.25, -0.2) is 0 Å². The number of thiophene rings is 1. The fourth-order valence-corrected chi connectivity index (χ4v) is 3.48. The average Bonchev–Trinajstić information content (AvgIpc) is 3.21. The summed E-state index contributed by atoms with van der Waals surface area (Å²) in [6.45, 7) is 1.67. The van der Waals surface area contributed by atoms with Crippen LogP contribution >= 0.6 is 11.3 Å². The molecule has 0 radical (unpaired) electrons. The van der Waals surface area contributed by atoms with E-state index in [0.29, 0.717) is 0 Å². The van der Waals surface area contributed by atoms with Crippen LogP contribution in [0.5, 0.6) is 0 Å². The summed E-state index contributed by atoms with van der Waals surface area (Å²) < 4.78 is 0. The second kappa shape index (κ2) is 9.15. The Hall–Kier alpha value is -2.66. The van der Waals surface area contributed by atoms with Crippen molar-refractivity contribution in [2.45, 2.75) is 13.0 Å². The molecule has 0 aliphatic heterocycles. The first-order valence-electron chi connectivity index (χ1n) is 8.71. The van der Waals surface area contributed by atoms with Crippen LogP contribution < -0.4 is 5.32 Å². The first-order chi connectivity index (χ1) is 12.8. The smallest absolute Gasteiger partial charge is 0.193 e. The molecule has 1 aromatic carbocycles. The Bertz CT molecular complexity index is 828. The van der Waals surface area contributed by atoms with Crippen LogP contribution in [-0.4, -0.2) is 36.5 Å². The second-order valence-electron chi connectivity index (χ2n) is 6.07. The summed E-state index contributed by atoms with van der Waals surface area (Å²) in [6.07, 6.45) is 2.86. The maximum absolute atomic E-state index is 4.43. The third-order valence-electron chi connectivity index (χ3n) is 4.19. The zero-order valence-electron chi connectivity index (χ0n) is 15.2. The highest BCUT2D eigenvalue weighted by Crippen LogP contribution is 2.17. The number of hydrogen-bond acceptors (Lipinski definition) is 3. The highest BCUT2D eigenvalue weighted by atomic mass is 32.1. The fourth-order valence-electron chi connectivity index (χ4n) is 2.78. The first-order valence-corrected chi connectivity index (χ1v) is 9.59. The molecule has 0 unspecified atom stereocenters. The van der Waals surface area contributed by atoms with Crippen molar-refractivity contribution in [3.05, 3.63) is 76.6 Å². The van der Waals surface area contributed by atoms with E-state index in [-0.39, 0.29) is 0 Å². The van der Waals surface area contributed by atoms with Crippen LogP contribution in [0.1, 0.15) is 10.4 Å². The Morgan fingerprint density at radius 2 is 2.08 bits per heavy atom. The number of guanidine groups is 1. The molecule has 134 valence electrons. The second-order valence-corrected chi connectivity index (χ2v) is 7.10. The van der Waals surface area contributed by atoms with Crippen molar-refractivity contribution in [2.75, 3.05) is 20.6 Å². The molecule has 0 amide bonds. The summed E-state index contributed by atoms with van der Waals surface area (Å²) >= 11 is 1.80. The van der Waals surface area contributed by atoms with Gasteiger partial charge in [0, 0.05) is 43.8 Å². The molecule has 0 saturated heterocycles. The standard InChI is InChI=1S/C21H24N4S/c1-22-21(25(2)13-11-19-9-6-14-26-19)24-16-17-7-5-8-18(15-17)20-10-3-4-12-23-20/h3-10,12,14-15H,11,13,16H2,1-2H3,(H,22,24). The lowest BCUT2D eigenvalue weighted by atomic mass is 10.1. The lowest BCUT2D eigenvalue weighted by molar-refractivity contribution is 0.486. The highest BCUT2D eigenvalue weighted by Gasteiger charge is 2.07. The molecule has 3 rings (SSSR count). The molecular weight excluding hydrogens is 340 g/mol. The van der Waals surface area contributed by atoms with E-state index in [1.807, 2.05) is 31.4 Å². The lowest BCUT2D eigenvalue weighted by Gasteiger charge is -2.22. The molecule has 0 bridgehead atoms. The Labute approximate surface area is 159 Å². The first kappa shape index (κ1) is 18.1. The Morgan fingerprint density at radius 1 is 1.15 bits per heavy atom. The molecule has 0 aliphatic carbocycles. The Morgan fingerprint density at radius 3 is 2.81 bits per heavy atom. The Kier molecular flexibility index (Phi) is 6.39. The summed E-state index contributed by atoms with van der Waals surface area (Å²) in [5.41, 5.74) is 3.33. The van der Waals surface area contributed by atoms with Crippen molar-refractivity contribution in [3.8, 4) is 11.3 Å². The van der Waals surface area contributed by atoms with Crippen LogP contribution in [0.4, 0.5) is 0 Å². The maximum atomic E-state index is 4.43. The van der Waals surface area contributed by atoms with Crippen molar-refractivity contribution in [3.63, 3.8) is 0 Å². The maximum Gasteiger partial charge on any atom is 0.193 e. The van der Waals surface area contributed by atoms with Gasteiger partial charge >= 0.3 is 0 Å². The van der Waals surface area contributed by atoms with Gasteiger partial charge in [0.2, 0.25) is 0 Å². The number of hydrogen-bond donors (Lipinski definition) is 1. The van der Waals surface area contributed by atoms with Crippen LogP contribution in [0.15, 0.2) is 71.2 Å². The molecule has 3 aromatic rings. The zero-order chi connectivity index (χ0) is 18.2. The molecule has 4 nitrogen and oxygen atoms in total. The minimum Gasteiger partial charge on any atom is -0.352 e. The molecule has 1 N–H and O–H groups in total. The van der Waals surface area contributed by atoms with Gasteiger partial charge in [0.15, 0.2) is 5.96 Å². The summed E-state index contributed by atoms with van der Waals surface area (Å²) in [4.78, 5) is 12.4. The van der Waals surface area contributed by atoms with Crippen molar-refractivity contribution < 1.29 is 0 Å². The lowest BCUT2D eigenvalue weighted by Crippen LogP contribution is -2.39. The molecule has 0 saturated carbocycles. The van der Waals surface area contributed by atoms with Crippen LogP contribution in [0.3, 0.4) is 0 Å². The van der Waals surface area contributed by atoms with E-state index in [9.17, 15) is 0 Å². The predicted molar refractivity (Wildman–Crippen MR) is 111 cm³/mol. The predicted octanol–water partition coefficient (Wildman–Crippen LogP) is 4.06. The highest BCUT2D eigenvalue weighted by molar-refractivity contribution is 7.09. The van der Waals surface area contributed by atoms with Gasteiger partial charge in [0.25, 0.3) is 0 Å². The SMILES string of the molecule is CN=C(NCc1cccc(-c2ccccn2)c1)N(C)CCc1cccs1. The number of aromatic nitrogens is 1. The van der Waals surface area contributed by atoms with Crippen molar-refractivity contribution in [2.24, 2.45) is 4.99 Å². The van der Waals surface area contributed by atoms with Gasteiger partial charge in [-0.2, -0.15) is 0 Å². The van der Waals surface area contributed by atoms with Crippen molar-refractivity contribution >= 4 is 17.3 Å². The van der Waals surface area contributed by atoms with Crippen molar-refractivity contribution in [1.29, 1.82) is 0 Å². The number of aliphatic imine (C=N–C) groups is 1. The molecule has 2 aromatic heterocycles. The van der Waals surface area contributed by atoms with E-state index < -0.39 is 0 Å². The molecule has 2 heterocycles. The molecular formula is C21H24N4S. The van der Waals surface area contributed by atoms with E-state index in [2.05, 4.69) is 69.0 Å². The van der Waals surface area contributed by atoms with E-state index in [0.717, 1.165) is 36.7 Å². The number of likely N-dealkylation sites (N-methyl/N-ethyl adjacent to an activating group) is 1. The van der Waals surface area contributed by atoms with E-state index in [1.54, 1.807) is 11.3 Å². The van der Waals surface area contributed by atoms with E-state index in [4.69, 9.17) is 0 Å². The summed E-state index contributed by atoms with van der Waals surface area (Å²) in [5.74, 6) is 0.907. The number of rotatable bonds is 6. The van der Waals surface area contributed by atoms with Gasteiger partial charge in [-0.1, -0.05) is 30.3 Å². The molecule has 0 aliphatic rings. The van der Waals surface area contributed by atoms with Gasteiger partial charge in [0.1, 0.15) is 0 Å². The van der Waals surface area contributed by atoms with Gasteiger partial charge in [-0.3, -0.25) is 9.98 Å². The molecule has 0 atom stereocenters. The van der Waals surface area contributed by atoms with Crippen LogP contribution in [-0.2, 0) is 13.0 Å². The number of nitrogens with zero attached hydrogens (tertiary/aromatic N) is 3. The third-order valence-corrected chi connectivity index (χ3v) is 5.12. The zero-order valence-corrected chi connectivity index (χ0v) is 16.0. The van der Waals surface area contributed by atoms with Crippen LogP contribution in [0, 0.1) is 0 Å². The summed E-state index contributed by atoms with van der Waals surface area (Å²) in [7, 11) is 3.90. The minimum absolute atomic E-state index is 0.733. The fraction of sp³-hybridized carbons (Fsp3) is 0.238. The van der Waals surface area contributed by atoms with Crippen LogP contribution in [0.25, 0.3) is 11.3 Å². The van der Waals surface area contributed by atoms with Gasteiger partial charge in [0.05, 0.1) is 5.69 Å². The van der Waals surface area contributed by atoms with Gasteiger partial charge in [-0.05, 0) is 41.6 Å². The van der Waals surface area contributed by atoms with E-state index >= 15 is 0 Å². The normalized spacial score (nSPS) is 11.4. The van der Waals surface area contributed by atoms with E-state index in [1.165, 1.54) is 10.4 Å². The largest absolute Gasteiger partial charge is 0.352 e. The Balaban J connectivity index is 1.58. The number of nitrogens with one attached hydrogen (secondary N) is 1.